The van der Waals surface area contributed by atoms with Gasteiger partial charge < -0.3 is 0 Å². The first-order valence-corrected chi connectivity index (χ1v) is 0.454. The van der Waals surface area contributed by atoms with Gasteiger partial charge in [0, 0.05) is 13.5 Å². The van der Waals surface area contributed by atoms with Crippen LogP contribution in [0.4, 0.5) is 0 Å². The minimum absolute atomic E-state index is 0. The number of isocyanates is 1. The van der Waals surface area contributed by atoms with E-state index in [9.17, 15) is 0 Å². The van der Waals surface area contributed by atoms with Crippen molar-refractivity contribution in [2.75, 3.05) is 0 Å². The third kappa shape index (κ3) is 12.6. The van der Waals surface area contributed by atoms with Crippen molar-refractivity contribution >= 4 is 19.6 Å². The zero-order chi connectivity index (χ0) is 2.71. The molecule has 3 heteroatoms. The van der Waals surface area contributed by atoms with Crippen LogP contribution in [0, 0.1) is 5.41 Å². The van der Waals surface area contributed by atoms with Gasteiger partial charge in [0.25, 0.3) is 0 Å². The Balaban J connectivity index is 0. The Morgan fingerprint density at radius 2 is 1.75 bits per heavy atom. The number of carbonyl (C=O) groups excluding carboxylic acids is 1. The van der Waals surface area contributed by atoms with Crippen LogP contribution >= 0.6 is 13.5 Å². The first kappa shape index (κ1) is 9.29. The van der Waals surface area contributed by atoms with Gasteiger partial charge in [-0.15, -0.1) is 0 Å². The van der Waals surface area contributed by atoms with Crippen molar-refractivity contribution in [3.63, 3.8) is 0 Å². The smallest absolute Gasteiger partial charge is 0.222 e. The topological polar surface area (TPSA) is 40.9 Å². The molecule has 1 N–H and O–H groups in total. The summed E-state index contributed by atoms with van der Waals surface area (Å²) in [6.45, 7) is 0. The van der Waals surface area contributed by atoms with E-state index in [2.05, 4.69) is 0 Å². The summed E-state index contributed by atoms with van der Waals surface area (Å²) in [4.78, 5) is 8.35. The molecule has 0 bridgehead atoms. The van der Waals surface area contributed by atoms with Crippen molar-refractivity contribution in [1.29, 1.82) is 5.41 Å². The van der Waals surface area contributed by atoms with Gasteiger partial charge in [0.05, 0.1) is 0 Å². The van der Waals surface area contributed by atoms with Crippen LogP contribution in [0.5, 0.6) is 0 Å². The van der Waals surface area contributed by atoms with Crippen LogP contribution < -0.4 is 0 Å². The van der Waals surface area contributed by atoms with Gasteiger partial charge in [-0.2, -0.15) is 0 Å². The van der Waals surface area contributed by atoms with Crippen molar-refractivity contribution in [1.82, 2.24) is 0 Å². The average molecular weight is 75.1 g/mol. The van der Waals surface area contributed by atoms with Crippen LogP contribution in [-0.2, 0) is 4.79 Å². The molecule has 22 valence electrons. The zero-order valence-corrected chi connectivity index (χ0v) is 2.63. The molecule has 0 unspecified atom stereocenters. The SMILES string of the molecule is N=C=O.[S]. The lowest BCUT2D eigenvalue weighted by Gasteiger charge is -1.02. The van der Waals surface area contributed by atoms with Gasteiger partial charge in [-0.25, -0.2) is 10.2 Å². The highest BCUT2D eigenvalue weighted by molar-refractivity contribution is 7.59. The molecule has 0 spiro atoms. The molecule has 4 heavy (non-hydrogen) atoms. The molecule has 0 amide bonds. The summed E-state index contributed by atoms with van der Waals surface area (Å²) in [7, 11) is 0. The average Bonchev–Trinajstić information content (AvgIpc) is 0.918. The molecule has 0 heterocycles. The molecule has 0 aliphatic rings. The van der Waals surface area contributed by atoms with E-state index >= 15 is 0 Å². The van der Waals surface area contributed by atoms with E-state index < -0.39 is 0 Å². The van der Waals surface area contributed by atoms with Crippen LogP contribution in [0.3, 0.4) is 0 Å². The van der Waals surface area contributed by atoms with Crippen LogP contribution in [0.1, 0.15) is 0 Å². The largest absolute Gasteiger partial charge is 0.231 e. The summed E-state index contributed by atoms with van der Waals surface area (Å²) in [6.07, 6.45) is 0.750. The standard InChI is InChI=1S/CHNO.S/c2-1-3;/h2H;. The number of nitrogens with one attached hydrogen (secondary N) is 1. The molecule has 2 nitrogen and oxygen atoms in total. The maximum Gasteiger partial charge on any atom is 0.231 e. The summed E-state index contributed by atoms with van der Waals surface area (Å²) < 4.78 is 0. The second kappa shape index (κ2) is 15.3. The fraction of sp³-hybridized carbons (Fsp3) is 0. The highest BCUT2D eigenvalue weighted by Crippen LogP contribution is 0.868. The molecule has 0 rings (SSSR count). The molecule has 0 aliphatic heterocycles. The lowest BCUT2D eigenvalue weighted by Crippen LogP contribution is -1.16. The summed E-state index contributed by atoms with van der Waals surface area (Å²) >= 11 is 0. The van der Waals surface area contributed by atoms with Crippen molar-refractivity contribution < 1.29 is 4.79 Å². The number of hydrogen-bond acceptors (Lipinski definition) is 2. The van der Waals surface area contributed by atoms with Gasteiger partial charge in [-0.05, 0) is 0 Å². The monoisotopic (exact) mass is 75.0 g/mol. The van der Waals surface area contributed by atoms with E-state index in [-0.39, 0.29) is 13.5 Å². The third-order valence-corrected chi connectivity index (χ3v) is 0. The molecule has 0 saturated carbocycles. The van der Waals surface area contributed by atoms with Crippen molar-refractivity contribution in [2.24, 2.45) is 0 Å². The van der Waals surface area contributed by atoms with E-state index in [1.54, 1.807) is 0 Å². The Kier molecular flexibility index (Phi) is 35.6. The highest BCUT2D eigenvalue weighted by Gasteiger charge is 1.03. The van der Waals surface area contributed by atoms with Crippen LogP contribution in [0.2, 0.25) is 0 Å². The molecule has 2 radical (unpaired) electrons. The van der Waals surface area contributed by atoms with Gasteiger partial charge in [0.15, 0.2) is 0 Å². The Labute approximate surface area is 30.8 Å². The Bertz CT molecular complexity index is 29.0. The molecule has 0 aromatic rings. The highest BCUT2D eigenvalue weighted by atomic mass is 32.1. The predicted molar refractivity (Wildman–Crippen MR) is 16.0 cm³/mol. The molecule has 0 aromatic carbocycles. The Morgan fingerprint density at radius 1 is 1.75 bits per heavy atom. The van der Waals surface area contributed by atoms with E-state index in [4.69, 9.17) is 10.2 Å². The Hall–Kier alpha value is -0.270. The molecule has 0 aromatic heterocycles. The Morgan fingerprint density at radius 3 is 1.75 bits per heavy atom. The first-order valence-electron chi connectivity index (χ1n) is 0.454. The molecular formula is CHNOS. The van der Waals surface area contributed by atoms with Gasteiger partial charge in [-0.1, -0.05) is 0 Å². The molecule has 0 aliphatic carbocycles. The van der Waals surface area contributed by atoms with Crippen molar-refractivity contribution in [3.05, 3.63) is 0 Å². The van der Waals surface area contributed by atoms with E-state index in [1.807, 2.05) is 0 Å². The fourth-order valence-corrected chi connectivity index (χ4v) is 0. The van der Waals surface area contributed by atoms with E-state index in [0.29, 0.717) is 0 Å². The van der Waals surface area contributed by atoms with Gasteiger partial charge in [-0.3, -0.25) is 0 Å². The number of rotatable bonds is 0. The van der Waals surface area contributed by atoms with Gasteiger partial charge >= 0.3 is 0 Å². The maximum absolute atomic E-state index is 8.35. The van der Waals surface area contributed by atoms with E-state index in [0.717, 1.165) is 6.08 Å². The molecule has 0 atom stereocenters. The second-order valence-electron chi connectivity index (χ2n) is 0.102. The lowest BCUT2D eigenvalue weighted by molar-refractivity contribution is 0.563. The minimum atomic E-state index is 0. The summed E-state index contributed by atoms with van der Waals surface area (Å²) in [6, 6.07) is 0. The van der Waals surface area contributed by atoms with E-state index in [1.165, 1.54) is 0 Å². The lowest BCUT2D eigenvalue weighted by atomic mass is 11.7. The summed E-state index contributed by atoms with van der Waals surface area (Å²) in [5.41, 5.74) is 0. The minimum Gasteiger partial charge on any atom is -0.222 e. The second-order valence-corrected chi connectivity index (χ2v) is 0.102. The zero-order valence-electron chi connectivity index (χ0n) is 1.82. The van der Waals surface area contributed by atoms with Gasteiger partial charge in [0.1, 0.15) is 0 Å². The molecule has 0 saturated heterocycles. The van der Waals surface area contributed by atoms with Crippen molar-refractivity contribution in [3.8, 4) is 0 Å². The fourth-order valence-electron chi connectivity index (χ4n) is 0. The van der Waals surface area contributed by atoms with Crippen LogP contribution in [-0.4, -0.2) is 6.08 Å². The van der Waals surface area contributed by atoms with Crippen LogP contribution in [0.25, 0.3) is 0 Å². The predicted octanol–water partition coefficient (Wildman–Crippen LogP) is 0.549. The maximum atomic E-state index is 8.35. The van der Waals surface area contributed by atoms with Gasteiger partial charge in [0.2, 0.25) is 6.08 Å². The quantitative estimate of drug-likeness (QED) is 0.331. The molecular weight excluding hydrogens is 74.1 g/mol. The molecule has 0 fully saturated rings. The first-order chi connectivity index (χ1) is 1.41. The summed E-state index contributed by atoms with van der Waals surface area (Å²) in [5.74, 6) is 0. The van der Waals surface area contributed by atoms with Crippen molar-refractivity contribution in [2.45, 2.75) is 0 Å². The number of hydrogen-bond donors (Lipinski definition) is 1. The third-order valence-electron chi connectivity index (χ3n) is 0. The summed E-state index contributed by atoms with van der Waals surface area (Å²) in [5, 5.41) is 5.40. The van der Waals surface area contributed by atoms with Crippen LogP contribution in [0.15, 0.2) is 0 Å². The normalized spacial score (nSPS) is 2.00.